The van der Waals surface area contributed by atoms with Crippen LogP contribution in [0.1, 0.15) is 44.5 Å². The molecule has 0 aliphatic carbocycles. The standard InChI is InChI=1S/C46H50N2O4P2.2C3H7NO.2ClH.Ru/c1-27-13-28(2)18-35(17-27)53(36-19-29(3)14-30(4)20-36)39-25-41(49-9)47-45(51-11)43(39)44-40(26-42(50-10)48-46(44)52-12)54(37-21-31(5)15-32(6)22-37)38-23-33(7)16-34(8)24-38;2*1-4(2)3-5;;;/h13-26H,1-12H3;2*3H,1-2H3;2*1H;/q;;;;;+2/p-2. The molecular weight excluding hydrogens is 1010 g/mol. The molecule has 0 saturated heterocycles. The second-order valence-corrected chi connectivity index (χ2v) is 20.7. The van der Waals surface area contributed by atoms with Gasteiger partial charge in [0, 0.05) is 50.9 Å². The van der Waals surface area contributed by atoms with Gasteiger partial charge in [-0.3, -0.25) is 9.59 Å². The molecule has 2 amide bonds. The Morgan fingerprint density at radius 1 is 0.403 bits per heavy atom. The van der Waals surface area contributed by atoms with Crippen molar-refractivity contribution in [1.29, 1.82) is 0 Å². The number of aryl methyl sites for hydroxylation is 8. The molecule has 0 spiro atoms. The molecule has 15 heteroatoms. The fourth-order valence-electron chi connectivity index (χ4n) is 7.47. The minimum absolute atomic E-state index is 0. The van der Waals surface area contributed by atoms with Crippen LogP contribution in [0.15, 0.2) is 84.9 Å². The Hall–Kier alpha value is -4.62. The topological polar surface area (TPSA) is 103 Å². The van der Waals surface area contributed by atoms with Gasteiger partial charge in [-0.1, -0.05) is 117 Å². The van der Waals surface area contributed by atoms with Gasteiger partial charge in [0.25, 0.3) is 0 Å². The van der Waals surface area contributed by atoms with Gasteiger partial charge in [-0.25, -0.2) is 0 Å². The van der Waals surface area contributed by atoms with E-state index < -0.39 is 15.8 Å². The molecule has 0 aliphatic heterocycles. The van der Waals surface area contributed by atoms with Crippen molar-refractivity contribution in [3.8, 4) is 34.6 Å². The van der Waals surface area contributed by atoms with Crippen molar-refractivity contribution in [2.45, 2.75) is 55.4 Å². The molecule has 0 radical (unpaired) electrons. The number of hydrogen-bond donors (Lipinski definition) is 0. The predicted octanol–water partition coefficient (Wildman–Crippen LogP) is 1.58. The molecule has 6 aromatic rings. The average Bonchev–Trinajstić information content (AvgIpc) is 3.22. The second-order valence-electron chi connectivity index (χ2n) is 16.3. The van der Waals surface area contributed by atoms with Crippen molar-refractivity contribution in [2.24, 2.45) is 0 Å². The molecule has 2 aromatic heterocycles. The van der Waals surface area contributed by atoms with Crippen LogP contribution >= 0.6 is 15.8 Å². The summed E-state index contributed by atoms with van der Waals surface area (Å²) in [5.74, 6) is 1.82. The maximum atomic E-state index is 9.43. The zero-order valence-corrected chi connectivity index (χ0v) is 46.5. The number of hydrogen-bond acceptors (Lipinski definition) is 8. The minimum atomic E-state index is -1.20. The first-order valence-electron chi connectivity index (χ1n) is 20.8. The third-order valence-corrected chi connectivity index (χ3v) is 14.5. The van der Waals surface area contributed by atoms with Crippen molar-refractivity contribution < 1.29 is 72.8 Å². The van der Waals surface area contributed by atoms with Gasteiger partial charge in [0.1, 0.15) is 0 Å². The molecule has 0 bridgehead atoms. The minimum Gasteiger partial charge on any atom is -1.00 e. The smallest absolute Gasteiger partial charge is 1.00 e. The largest absolute Gasteiger partial charge is 2.00 e. The number of halogens is 2. The summed E-state index contributed by atoms with van der Waals surface area (Å²) >= 11 is 0. The van der Waals surface area contributed by atoms with E-state index in [4.69, 9.17) is 28.9 Å². The van der Waals surface area contributed by atoms with Crippen LogP contribution in [0.3, 0.4) is 0 Å². The molecule has 360 valence electrons. The van der Waals surface area contributed by atoms with Gasteiger partial charge in [-0.15, -0.1) is 0 Å². The average molecular weight is 1080 g/mol. The molecule has 0 atom stereocenters. The molecule has 67 heavy (non-hydrogen) atoms. The first-order chi connectivity index (χ1) is 30.4. The summed E-state index contributed by atoms with van der Waals surface area (Å²) in [4.78, 5) is 31.7. The van der Waals surface area contributed by atoms with Crippen molar-refractivity contribution in [2.75, 3.05) is 56.6 Å². The van der Waals surface area contributed by atoms with E-state index >= 15 is 0 Å². The number of aromatic nitrogens is 2. The maximum absolute atomic E-state index is 9.43. The van der Waals surface area contributed by atoms with Crippen molar-refractivity contribution in [3.05, 3.63) is 129 Å². The van der Waals surface area contributed by atoms with Crippen LogP contribution < -0.4 is 75.6 Å². The number of methoxy groups -OCH3 is 4. The number of carbonyl (C=O) groups excluding carboxylic acids is 2. The molecule has 2 heterocycles. The predicted molar refractivity (Wildman–Crippen MR) is 268 cm³/mol. The van der Waals surface area contributed by atoms with Gasteiger partial charge in [0.15, 0.2) is 0 Å². The van der Waals surface area contributed by atoms with Crippen molar-refractivity contribution >= 4 is 60.5 Å². The monoisotopic (exact) mass is 1070 g/mol. The fourth-order valence-corrected chi connectivity index (χ4v) is 13.2. The van der Waals surface area contributed by atoms with Gasteiger partial charge in [0.2, 0.25) is 36.3 Å². The third-order valence-electron chi connectivity index (χ3n) is 9.70. The summed E-state index contributed by atoms with van der Waals surface area (Å²) in [7, 11) is 11.0. The molecule has 4 aromatic carbocycles. The number of nitrogens with zero attached hydrogens (tertiary/aromatic N) is 4. The Kier molecular flexibility index (Phi) is 25.3. The number of rotatable bonds is 13. The Morgan fingerprint density at radius 3 is 0.776 bits per heavy atom. The maximum Gasteiger partial charge on any atom is 2.00 e. The Bertz CT molecular complexity index is 2240. The Balaban J connectivity index is 0.00000156. The normalized spacial score (nSPS) is 10.1. The summed E-state index contributed by atoms with van der Waals surface area (Å²) in [6, 6.07) is 31.5. The van der Waals surface area contributed by atoms with E-state index in [0.717, 1.165) is 34.6 Å². The summed E-state index contributed by atoms with van der Waals surface area (Å²) in [6.07, 6.45) is 1.50. The van der Waals surface area contributed by atoms with Crippen LogP contribution in [0.5, 0.6) is 23.5 Å². The number of pyridine rings is 2. The van der Waals surface area contributed by atoms with Gasteiger partial charge < -0.3 is 53.6 Å². The van der Waals surface area contributed by atoms with Gasteiger partial charge >= 0.3 is 19.5 Å². The van der Waals surface area contributed by atoms with E-state index in [1.807, 2.05) is 0 Å². The Morgan fingerprint density at radius 2 is 0.612 bits per heavy atom. The summed E-state index contributed by atoms with van der Waals surface area (Å²) in [6.45, 7) is 17.3. The first-order valence-corrected chi connectivity index (χ1v) is 23.5. The van der Waals surface area contributed by atoms with E-state index in [0.29, 0.717) is 23.5 Å². The zero-order chi connectivity index (χ0) is 47.4. The summed E-state index contributed by atoms with van der Waals surface area (Å²) in [5.41, 5.74) is 11.3. The summed E-state index contributed by atoms with van der Waals surface area (Å²) in [5, 5.41) is 6.94. The van der Waals surface area contributed by atoms with Crippen molar-refractivity contribution in [3.63, 3.8) is 0 Å². The van der Waals surface area contributed by atoms with Gasteiger partial charge in [0.05, 0.1) is 39.6 Å². The zero-order valence-electron chi connectivity index (χ0n) is 41.5. The summed E-state index contributed by atoms with van der Waals surface area (Å²) < 4.78 is 24.4. The molecule has 0 fully saturated rings. The number of ether oxygens (including phenoxy) is 4. The van der Waals surface area contributed by atoms with Crippen LogP contribution in [0.4, 0.5) is 0 Å². The van der Waals surface area contributed by atoms with Crippen LogP contribution in [0.25, 0.3) is 11.1 Å². The molecule has 6 rings (SSSR count). The van der Waals surface area contributed by atoms with Crippen LogP contribution in [0.2, 0.25) is 0 Å². The molecule has 0 N–H and O–H groups in total. The van der Waals surface area contributed by atoms with Crippen LogP contribution in [-0.4, -0.2) is 89.2 Å². The van der Waals surface area contributed by atoms with E-state index in [9.17, 15) is 9.59 Å². The van der Waals surface area contributed by atoms with E-state index in [1.54, 1.807) is 56.6 Å². The molecule has 0 unspecified atom stereocenters. The number of amides is 2. The van der Waals surface area contributed by atoms with Crippen LogP contribution in [-0.2, 0) is 29.1 Å². The fraction of sp³-hybridized carbons (Fsp3) is 0.308. The first kappa shape index (κ1) is 60.4. The van der Waals surface area contributed by atoms with Crippen LogP contribution in [0, 0.1) is 55.4 Å². The Labute approximate surface area is 426 Å². The van der Waals surface area contributed by atoms with E-state index in [-0.39, 0.29) is 44.3 Å². The quantitative estimate of drug-likeness (QED) is 0.0978. The molecule has 10 nitrogen and oxygen atoms in total. The van der Waals surface area contributed by atoms with Crippen molar-refractivity contribution in [1.82, 2.24) is 19.8 Å². The number of carbonyl (C=O) groups is 2. The molecule has 0 aliphatic rings. The van der Waals surface area contributed by atoms with Gasteiger partial charge in [-0.2, -0.15) is 9.97 Å². The second kappa shape index (κ2) is 28.0. The van der Waals surface area contributed by atoms with E-state index in [1.165, 1.54) is 75.5 Å². The third kappa shape index (κ3) is 16.3. The molecular formula is C52H64Cl2N4O6P2Ru. The van der Waals surface area contributed by atoms with E-state index in [2.05, 4.69) is 140 Å². The SMILES string of the molecule is CN(C)C=O.CN(C)C=O.COc1cc(P(c2cc(C)cc(C)c2)c2cc(C)cc(C)c2)c(-c2c(P(c3cc(C)cc(C)c3)c3cc(C)cc(C)c3)cc(OC)nc2OC)c(OC)n1.[Cl-].[Cl-].[Ru+2]. The number of benzene rings is 4. The molecule has 0 saturated carbocycles. The van der Waals surface area contributed by atoms with Gasteiger partial charge in [-0.05, 0) is 92.5 Å².